The number of hydrogen-bond acceptors (Lipinski definition) is 6. The van der Waals surface area contributed by atoms with Crippen molar-refractivity contribution in [1.82, 2.24) is 30.0 Å². The quantitative estimate of drug-likeness (QED) is 0.604. The number of nitrogens with one attached hydrogen (secondary N) is 1. The zero-order chi connectivity index (χ0) is 12.8. The van der Waals surface area contributed by atoms with E-state index in [9.17, 15) is 0 Å². The number of aromatic nitrogens is 6. The average molecular weight is 272 g/mol. The van der Waals surface area contributed by atoms with Gasteiger partial charge in [-0.2, -0.15) is 14.7 Å². The van der Waals surface area contributed by atoms with Crippen molar-refractivity contribution >= 4 is 16.3 Å². The molecule has 19 heavy (non-hydrogen) atoms. The molecule has 0 atom stereocenters. The van der Waals surface area contributed by atoms with Gasteiger partial charge in [-0.25, -0.2) is 0 Å². The molecule has 0 fully saturated rings. The van der Waals surface area contributed by atoms with Crippen molar-refractivity contribution in [2.75, 3.05) is 0 Å². The Balaban J connectivity index is 1.92. The Morgan fingerprint density at radius 2 is 2.32 bits per heavy atom. The van der Waals surface area contributed by atoms with E-state index < -0.39 is 0 Å². The Morgan fingerprint density at radius 3 is 3.05 bits per heavy atom. The molecule has 1 N–H and O–H groups in total. The van der Waals surface area contributed by atoms with Gasteiger partial charge in [0.2, 0.25) is 10.8 Å². The number of nitrogens with zero attached hydrogens (tertiary/aromatic N) is 5. The molecule has 4 rings (SSSR count). The smallest absolute Gasteiger partial charge is 0.235 e. The lowest BCUT2D eigenvalue weighted by atomic mass is 10.3. The van der Waals surface area contributed by atoms with E-state index in [1.54, 1.807) is 17.0 Å². The molecule has 0 aliphatic rings. The van der Waals surface area contributed by atoms with Crippen molar-refractivity contribution in [2.45, 2.75) is 6.92 Å². The molecular formula is C11H8N6OS. The van der Waals surface area contributed by atoms with Crippen LogP contribution in [0.25, 0.3) is 27.1 Å². The largest absolute Gasteiger partial charge is 0.461 e. The van der Waals surface area contributed by atoms with Crippen LogP contribution in [-0.2, 0) is 0 Å². The highest BCUT2D eigenvalue weighted by atomic mass is 32.1. The highest BCUT2D eigenvalue weighted by Gasteiger charge is 2.17. The van der Waals surface area contributed by atoms with E-state index >= 15 is 0 Å². The molecule has 0 saturated heterocycles. The van der Waals surface area contributed by atoms with Crippen molar-refractivity contribution in [3.8, 4) is 22.2 Å². The van der Waals surface area contributed by atoms with Crippen LogP contribution in [0, 0.1) is 6.92 Å². The molecule has 0 aromatic carbocycles. The van der Waals surface area contributed by atoms with Gasteiger partial charge in [0.05, 0.1) is 18.0 Å². The summed E-state index contributed by atoms with van der Waals surface area (Å²) in [5, 5.41) is 20.5. The Bertz CT molecular complexity index is 840. The summed E-state index contributed by atoms with van der Waals surface area (Å²) in [7, 11) is 0. The number of H-pyrrole nitrogens is 1. The maximum atomic E-state index is 5.33. The molecule has 0 bridgehead atoms. The molecule has 0 radical (unpaired) electrons. The van der Waals surface area contributed by atoms with Crippen LogP contribution in [0.5, 0.6) is 0 Å². The molecule has 94 valence electrons. The summed E-state index contributed by atoms with van der Waals surface area (Å²) in [4.78, 5) is 0.724. The Morgan fingerprint density at radius 1 is 1.37 bits per heavy atom. The zero-order valence-corrected chi connectivity index (χ0v) is 10.7. The molecule has 7 nitrogen and oxygen atoms in total. The minimum atomic E-state index is 0.601. The Labute approximate surface area is 110 Å². The predicted molar refractivity (Wildman–Crippen MR) is 68.7 cm³/mol. The molecule has 4 aromatic heterocycles. The van der Waals surface area contributed by atoms with Crippen molar-refractivity contribution in [3.63, 3.8) is 0 Å². The van der Waals surface area contributed by atoms with Gasteiger partial charge in [0.15, 0.2) is 10.8 Å². The summed E-state index contributed by atoms with van der Waals surface area (Å²) in [6.07, 6.45) is 3.36. The average Bonchev–Trinajstić information content (AvgIpc) is 3.10. The maximum absolute atomic E-state index is 5.33. The van der Waals surface area contributed by atoms with Gasteiger partial charge in [-0.15, -0.1) is 10.2 Å². The van der Waals surface area contributed by atoms with Gasteiger partial charge >= 0.3 is 0 Å². The number of aryl methyl sites for hydroxylation is 1. The fourth-order valence-corrected chi connectivity index (χ4v) is 2.76. The van der Waals surface area contributed by atoms with Crippen LogP contribution >= 0.6 is 11.3 Å². The van der Waals surface area contributed by atoms with Crippen LogP contribution in [0.4, 0.5) is 0 Å². The van der Waals surface area contributed by atoms with E-state index in [1.165, 1.54) is 11.3 Å². The molecule has 0 amide bonds. The van der Waals surface area contributed by atoms with Gasteiger partial charge in [0.25, 0.3) is 0 Å². The lowest BCUT2D eigenvalue weighted by Crippen LogP contribution is -1.89. The van der Waals surface area contributed by atoms with E-state index in [2.05, 4.69) is 25.5 Å². The summed E-state index contributed by atoms with van der Waals surface area (Å²) in [6, 6.07) is 3.64. The van der Waals surface area contributed by atoms with Crippen molar-refractivity contribution < 1.29 is 4.42 Å². The Hall–Kier alpha value is -2.48. The standard InChI is InChI=1S/C11H8N6OS/c1-6-7(5-12-13-6)10-16-17-9(8-3-2-4-18-8)14-15-11(17)19-10/h2-5H,1H3,(H,12,13). The Kier molecular flexibility index (Phi) is 2.06. The van der Waals surface area contributed by atoms with Crippen LogP contribution in [0.1, 0.15) is 5.69 Å². The van der Waals surface area contributed by atoms with E-state index in [1.807, 2.05) is 19.1 Å². The first-order valence-corrected chi connectivity index (χ1v) is 6.41. The van der Waals surface area contributed by atoms with Crippen LogP contribution in [0.3, 0.4) is 0 Å². The number of fused-ring (bicyclic) bond motifs is 1. The summed E-state index contributed by atoms with van der Waals surface area (Å²) >= 11 is 1.46. The molecule has 0 saturated carbocycles. The van der Waals surface area contributed by atoms with E-state index in [0.29, 0.717) is 11.6 Å². The number of aromatic amines is 1. The van der Waals surface area contributed by atoms with Crippen LogP contribution < -0.4 is 0 Å². The van der Waals surface area contributed by atoms with Crippen LogP contribution in [0.2, 0.25) is 0 Å². The SMILES string of the molecule is Cc1[nH]ncc1-c1nn2c(-c3ccco3)nnc2s1. The van der Waals surface area contributed by atoms with Gasteiger partial charge in [-0.1, -0.05) is 11.3 Å². The summed E-state index contributed by atoms with van der Waals surface area (Å²) in [5.41, 5.74) is 1.95. The second-order valence-corrected chi connectivity index (χ2v) is 4.97. The molecule has 4 aromatic rings. The van der Waals surface area contributed by atoms with E-state index in [0.717, 1.165) is 21.2 Å². The normalized spacial score (nSPS) is 11.4. The third-order valence-electron chi connectivity index (χ3n) is 2.79. The third kappa shape index (κ3) is 1.50. The number of hydrogen-bond donors (Lipinski definition) is 1. The number of furan rings is 1. The van der Waals surface area contributed by atoms with Gasteiger partial charge in [-0.3, -0.25) is 5.10 Å². The van der Waals surface area contributed by atoms with Gasteiger partial charge < -0.3 is 4.42 Å². The van der Waals surface area contributed by atoms with Gasteiger partial charge in [0, 0.05) is 5.69 Å². The van der Waals surface area contributed by atoms with Crippen molar-refractivity contribution in [1.29, 1.82) is 0 Å². The molecule has 0 aliphatic heterocycles. The minimum Gasteiger partial charge on any atom is -0.461 e. The number of rotatable bonds is 2. The second-order valence-electron chi connectivity index (χ2n) is 4.01. The fourth-order valence-electron chi connectivity index (χ4n) is 1.85. The molecule has 4 heterocycles. The first-order chi connectivity index (χ1) is 9.33. The summed E-state index contributed by atoms with van der Waals surface area (Å²) < 4.78 is 7.02. The monoisotopic (exact) mass is 272 g/mol. The molecule has 0 unspecified atom stereocenters. The lowest BCUT2D eigenvalue weighted by Gasteiger charge is -1.91. The van der Waals surface area contributed by atoms with Gasteiger partial charge in [0.1, 0.15) is 0 Å². The molecular weight excluding hydrogens is 264 g/mol. The highest BCUT2D eigenvalue weighted by Crippen LogP contribution is 2.28. The van der Waals surface area contributed by atoms with Crippen molar-refractivity contribution in [3.05, 3.63) is 30.3 Å². The minimum absolute atomic E-state index is 0.601. The molecule has 0 aliphatic carbocycles. The van der Waals surface area contributed by atoms with Crippen LogP contribution in [0.15, 0.2) is 29.0 Å². The van der Waals surface area contributed by atoms with Crippen LogP contribution in [-0.4, -0.2) is 30.0 Å². The highest BCUT2D eigenvalue weighted by molar-refractivity contribution is 7.19. The van der Waals surface area contributed by atoms with E-state index in [-0.39, 0.29) is 0 Å². The first kappa shape index (κ1) is 10.4. The predicted octanol–water partition coefficient (Wildman–Crippen LogP) is 2.14. The molecule has 0 spiro atoms. The maximum Gasteiger partial charge on any atom is 0.235 e. The first-order valence-electron chi connectivity index (χ1n) is 5.59. The topological polar surface area (TPSA) is 84.9 Å². The van der Waals surface area contributed by atoms with E-state index in [4.69, 9.17) is 4.42 Å². The van der Waals surface area contributed by atoms with Crippen molar-refractivity contribution in [2.24, 2.45) is 0 Å². The third-order valence-corrected chi connectivity index (χ3v) is 3.72. The lowest BCUT2D eigenvalue weighted by molar-refractivity contribution is 0.575. The molecule has 8 heteroatoms. The summed E-state index contributed by atoms with van der Waals surface area (Å²) in [6.45, 7) is 1.96. The second kappa shape index (κ2) is 3.75. The van der Waals surface area contributed by atoms with Gasteiger partial charge in [-0.05, 0) is 19.1 Å². The summed E-state index contributed by atoms with van der Waals surface area (Å²) in [5.74, 6) is 1.25. The fraction of sp³-hybridized carbons (Fsp3) is 0.0909. The zero-order valence-electron chi connectivity index (χ0n) is 9.86.